The van der Waals surface area contributed by atoms with Gasteiger partial charge in [0.25, 0.3) is 0 Å². The number of methoxy groups -OCH3 is 1. The van der Waals surface area contributed by atoms with Crippen LogP contribution in [0.4, 0.5) is 0 Å². The maximum atomic E-state index is 5.99. The molecule has 2 aromatic carbocycles. The van der Waals surface area contributed by atoms with E-state index in [-0.39, 0.29) is 0 Å². The summed E-state index contributed by atoms with van der Waals surface area (Å²) in [5, 5.41) is 0. The molecular weight excluding hydrogens is 274 g/mol. The number of ether oxygens (including phenoxy) is 2. The summed E-state index contributed by atoms with van der Waals surface area (Å²) in [6, 6.07) is 14.3. The zero-order valence-electron chi connectivity index (χ0n) is 13.6. The van der Waals surface area contributed by atoms with E-state index in [9.17, 15) is 0 Å². The summed E-state index contributed by atoms with van der Waals surface area (Å²) in [6.07, 6.45) is 0.899. The van der Waals surface area contributed by atoms with Gasteiger partial charge in [0.05, 0.1) is 13.7 Å². The third kappa shape index (κ3) is 4.01. The van der Waals surface area contributed by atoms with Crippen molar-refractivity contribution in [3.8, 4) is 11.5 Å². The Balaban J connectivity index is 1.96. The van der Waals surface area contributed by atoms with Gasteiger partial charge in [-0.1, -0.05) is 30.3 Å². The number of nitrogens with two attached hydrogens (primary N) is 1. The minimum absolute atomic E-state index is 0.301. The van der Waals surface area contributed by atoms with E-state index in [2.05, 4.69) is 44.2 Å². The molecule has 0 saturated heterocycles. The molecule has 2 N–H and O–H groups in total. The van der Waals surface area contributed by atoms with Crippen molar-refractivity contribution in [2.75, 3.05) is 20.3 Å². The zero-order valence-corrected chi connectivity index (χ0v) is 13.6. The second-order valence-electron chi connectivity index (χ2n) is 5.56. The van der Waals surface area contributed by atoms with Gasteiger partial charge in [-0.25, -0.2) is 0 Å². The first-order valence-electron chi connectivity index (χ1n) is 7.68. The van der Waals surface area contributed by atoms with Gasteiger partial charge in [0.2, 0.25) is 0 Å². The number of aryl methyl sites for hydroxylation is 2. The Kier molecular flexibility index (Phi) is 5.84. The number of para-hydroxylation sites is 1. The van der Waals surface area contributed by atoms with Crippen LogP contribution in [0.5, 0.6) is 11.5 Å². The van der Waals surface area contributed by atoms with Gasteiger partial charge in [0.1, 0.15) is 11.5 Å². The lowest BCUT2D eigenvalue weighted by atomic mass is 9.96. The molecular formula is C19H25NO2. The van der Waals surface area contributed by atoms with Crippen molar-refractivity contribution < 1.29 is 9.47 Å². The molecule has 3 nitrogen and oxygen atoms in total. The topological polar surface area (TPSA) is 44.5 Å². The highest BCUT2D eigenvalue weighted by atomic mass is 16.5. The highest BCUT2D eigenvalue weighted by molar-refractivity contribution is 5.39. The van der Waals surface area contributed by atoms with Gasteiger partial charge in [-0.05, 0) is 61.6 Å². The highest BCUT2D eigenvalue weighted by Crippen LogP contribution is 2.25. The fraction of sp³-hybridized carbons (Fsp3) is 0.368. The molecule has 0 amide bonds. The first-order valence-corrected chi connectivity index (χ1v) is 7.68. The smallest absolute Gasteiger partial charge is 0.125 e. The predicted molar refractivity (Wildman–Crippen MR) is 90.8 cm³/mol. The number of benzene rings is 2. The molecule has 2 aromatic rings. The summed E-state index contributed by atoms with van der Waals surface area (Å²) >= 11 is 0. The Bertz CT molecular complexity index is 573. The molecule has 118 valence electrons. The highest BCUT2D eigenvalue weighted by Gasteiger charge is 2.11. The summed E-state index contributed by atoms with van der Waals surface area (Å²) in [4.78, 5) is 0. The van der Waals surface area contributed by atoms with Crippen molar-refractivity contribution in [2.45, 2.75) is 26.2 Å². The Morgan fingerprint density at radius 1 is 1.00 bits per heavy atom. The maximum Gasteiger partial charge on any atom is 0.125 e. The van der Waals surface area contributed by atoms with E-state index < -0.39 is 0 Å². The number of hydrogen-bond acceptors (Lipinski definition) is 3. The fourth-order valence-electron chi connectivity index (χ4n) is 2.63. The Morgan fingerprint density at radius 2 is 1.64 bits per heavy atom. The van der Waals surface area contributed by atoms with Crippen LogP contribution < -0.4 is 15.2 Å². The molecule has 0 spiro atoms. The van der Waals surface area contributed by atoms with Crippen molar-refractivity contribution >= 4 is 0 Å². The summed E-state index contributed by atoms with van der Waals surface area (Å²) in [5.74, 6) is 2.16. The minimum Gasteiger partial charge on any atom is -0.497 e. The maximum absolute atomic E-state index is 5.99. The van der Waals surface area contributed by atoms with Crippen LogP contribution in [-0.2, 0) is 0 Å². The van der Waals surface area contributed by atoms with Gasteiger partial charge in [-0.3, -0.25) is 0 Å². The van der Waals surface area contributed by atoms with Crippen molar-refractivity contribution in [1.82, 2.24) is 0 Å². The molecule has 0 heterocycles. The van der Waals surface area contributed by atoms with Crippen LogP contribution in [0, 0.1) is 13.8 Å². The van der Waals surface area contributed by atoms with E-state index in [1.54, 1.807) is 7.11 Å². The minimum atomic E-state index is 0.301. The van der Waals surface area contributed by atoms with Crippen LogP contribution in [0.3, 0.4) is 0 Å². The largest absolute Gasteiger partial charge is 0.497 e. The summed E-state index contributed by atoms with van der Waals surface area (Å²) in [7, 11) is 1.67. The third-order valence-electron chi connectivity index (χ3n) is 3.99. The molecule has 0 saturated carbocycles. The van der Waals surface area contributed by atoms with E-state index in [1.165, 1.54) is 16.7 Å². The Labute approximate surface area is 133 Å². The average Bonchev–Trinajstić information content (AvgIpc) is 2.54. The fourth-order valence-corrected chi connectivity index (χ4v) is 2.63. The molecule has 0 aliphatic heterocycles. The van der Waals surface area contributed by atoms with Crippen LogP contribution in [0.1, 0.15) is 29.0 Å². The summed E-state index contributed by atoms with van der Waals surface area (Å²) < 4.78 is 11.2. The molecule has 1 unspecified atom stereocenters. The molecule has 0 bridgehead atoms. The van der Waals surface area contributed by atoms with E-state index in [0.29, 0.717) is 19.1 Å². The normalized spacial score (nSPS) is 12.0. The Morgan fingerprint density at radius 3 is 2.18 bits per heavy atom. The molecule has 2 rings (SSSR count). The SMILES string of the molecule is COc1ccc(C(CN)CCOc2c(C)cccc2C)cc1. The van der Waals surface area contributed by atoms with Crippen LogP contribution in [0.2, 0.25) is 0 Å². The summed E-state index contributed by atoms with van der Waals surface area (Å²) in [5.41, 5.74) is 9.51. The van der Waals surface area contributed by atoms with Gasteiger partial charge in [0, 0.05) is 0 Å². The standard InChI is InChI=1S/C19H25NO2/c1-14-5-4-6-15(2)19(14)22-12-11-17(13-20)16-7-9-18(21-3)10-8-16/h4-10,17H,11-13,20H2,1-3H3. The molecule has 3 heteroatoms. The van der Waals surface area contributed by atoms with Gasteiger partial charge < -0.3 is 15.2 Å². The molecule has 0 fully saturated rings. The van der Waals surface area contributed by atoms with E-state index in [1.807, 2.05) is 12.1 Å². The molecule has 0 aromatic heterocycles. The van der Waals surface area contributed by atoms with Gasteiger partial charge in [0.15, 0.2) is 0 Å². The van der Waals surface area contributed by atoms with Crippen LogP contribution >= 0.6 is 0 Å². The zero-order chi connectivity index (χ0) is 15.9. The van der Waals surface area contributed by atoms with Crippen molar-refractivity contribution in [2.24, 2.45) is 5.73 Å². The van der Waals surface area contributed by atoms with Crippen LogP contribution in [-0.4, -0.2) is 20.3 Å². The van der Waals surface area contributed by atoms with Crippen molar-refractivity contribution in [1.29, 1.82) is 0 Å². The second-order valence-corrected chi connectivity index (χ2v) is 5.56. The van der Waals surface area contributed by atoms with Crippen LogP contribution in [0.25, 0.3) is 0 Å². The monoisotopic (exact) mass is 299 g/mol. The first-order chi connectivity index (χ1) is 10.7. The van der Waals surface area contributed by atoms with Crippen molar-refractivity contribution in [3.63, 3.8) is 0 Å². The van der Waals surface area contributed by atoms with Crippen LogP contribution in [0.15, 0.2) is 42.5 Å². The predicted octanol–water partition coefficient (Wildman–Crippen LogP) is 3.82. The third-order valence-corrected chi connectivity index (χ3v) is 3.99. The van der Waals surface area contributed by atoms with Gasteiger partial charge in [-0.2, -0.15) is 0 Å². The van der Waals surface area contributed by atoms with Gasteiger partial charge in [-0.15, -0.1) is 0 Å². The summed E-state index contributed by atoms with van der Waals surface area (Å²) in [6.45, 7) is 5.43. The lowest BCUT2D eigenvalue weighted by molar-refractivity contribution is 0.294. The lowest BCUT2D eigenvalue weighted by Crippen LogP contribution is -2.16. The first kappa shape index (κ1) is 16.4. The number of hydrogen-bond donors (Lipinski definition) is 1. The number of rotatable bonds is 7. The van der Waals surface area contributed by atoms with Gasteiger partial charge >= 0.3 is 0 Å². The van der Waals surface area contributed by atoms with E-state index >= 15 is 0 Å². The van der Waals surface area contributed by atoms with E-state index in [4.69, 9.17) is 15.2 Å². The average molecular weight is 299 g/mol. The lowest BCUT2D eigenvalue weighted by Gasteiger charge is -2.17. The molecule has 22 heavy (non-hydrogen) atoms. The molecule has 1 atom stereocenters. The molecule has 0 radical (unpaired) electrons. The van der Waals surface area contributed by atoms with E-state index in [0.717, 1.165) is 17.9 Å². The molecule has 0 aliphatic rings. The molecule has 0 aliphatic carbocycles. The Hall–Kier alpha value is -2.00. The quantitative estimate of drug-likeness (QED) is 0.845. The second kappa shape index (κ2) is 7.85. The van der Waals surface area contributed by atoms with Crippen molar-refractivity contribution in [3.05, 3.63) is 59.2 Å².